The summed E-state index contributed by atoms with van der Waals surface area (Å²) in [4.78, 5) is 0. The minimum absolute atomic E-state index is 0. The van der Waals surface area contributed by atoms with Crippen molar-refractivity contribution in [2.45, 2.75) is 19.9 Å². The maximum Gasteiger partial charge on any atom is 0.0930 e. The fourth-order valence-electron chi connectivity index (χ4n) is 2.71. The van der Waals surface area contributed by atoms with Crippen LogP contribution in [0.3, 0.4) is 0 Å². The highest BCUT2D eigenvalue weighted by Crippen LogP contribution is 2.29. The van der Waals surface area contributed by atoms with Crippen LogP contribution < -0.4 is 5.32 Å². The van der Waals surface area contributed by atoms with Crippen LogP contribution in [0.1, 0.15) is 12.0 Å². The second-order valence-electron chi connectivity index (χ2n) is 5.42. The van der Waals surface area contributed by atoms with Gasteiger partial charge >= 0.3 is 0 Å². The summed E-state index contributed by atoms with van der Waals surface area (Å²) in [6.45, 7) is 4.06. The third-order valence-electron chi connectivity index (χ3n) is 3.74. The first kappa shape index (κ1) is 16.5. The topological polar surface area (TPSA) is 29.9 Å². The van der Waals surface area contributed by atoms with E-state index in [1.54, 1.807) is 0 Å². The van der Waals surface area contributed by atoms with E-state index in [-0.39, 0.29) is 12.4 Å². The fraction of sp³-hybridized carbons (Fsp3) is 0.278. The zero-order valence-electron chi connectivity index (χ0n) is 13.0. The van der Waals surface area contributed by atoms with E-state index in [0.717, 1.165) is 25.0 Å². The van der Waals surface area contributed by atoms with Crippen molar-refractivity contribution >= 4 is 23.3 Å². The molecule has 1 heterocycles. The number of halogens is 1. The Balaban J connectivity index is 0.00000176. The summed E-state index contributed by atoms with van der Waals surface area (Å²) in [5.41, 5.74) is 4.80. The lowest BCUT2D eigenvalue weighted by molar-refractivity contribution is 0.571. The first-order valence-corrected chi connectivity index (χ1v) is 7.47. The predicted octanol–water partition coefficient (Wildman–Crippen LogP) is 4.04. The lowest BCUT2D eigenvalue weighted by Gasteiger charge is -2.08. The van der Waals surface area contributed by atoms with E-state index in [1.165, 1.54) is 22.2 Å². The molecule has 3 nitrogen and oxygen atoms in total. The van der Waals surface area contributed by atoms with Gasteiger partial charge in [-0.05, 0) is 39.1 Å². The molecular weight excluding hydrogens is 294 g/mol. The standard InChI is InChI=1S/C18H21N3.ClH/c1-14-9-10-17-16(13-14)18(15-7-4-3-5-8-15)21(20-17)12-6-11-19-2;/h3-5,7-10,13,19H,6,11-12H2,1-2H3;1H. The molecule has 0 aliphatic rings. The largest absolute Gasteiger partial charge is 0.320 e. The normalized spacial score (nSPS) is 10.6. The third-order valence-corrected chi connectivity index (χ3v) is 3.74. The van der Waals surface area contributed by atoms with Crippen LogP contribution in [-0.4, -0.2) is 23.4 Å². The molecular formula is C18H22ClN3. The zero-order valence-corrected chi connectivity index (χ0v) is 13.9. The predicted molar refractivity (Wildman–Crippen MR) is 95.7 cm³/mol. The van der Waals surface area contributed by atoms with Gasteiger partial charge in [0, 0.05) is 17.5 Å². The van der Waals surface area contributed by atoms with E-state index in [2.05, 4.69) is 65.5 Å². The summed E-state index contributed by atoms with van der Waals surface area (Å²) < 4.78 is 2.15. The molecule has 0 unspecified atom stereocenters. The Morgan fingerprint density at radius 3 is 2.59 bits per heavy atom. The van der Waals surface area contributed by atoms with Crippen LogP contribution in [-0.2, 0) is 6.54 Å². The molecule has 0 aliphatic heterocycles. The van der Waals surface area contributed by atoms with Crippen LogP contribution in [0, 0.1) is 6.92 Å². The molecule has 2 aromatic carbocycles. The Morgan fingerprint density at radius 2 is 1.86 bits per heavy atom. The monoisotopic (exact) mass is 315 g/mol. The number of rotatable bonds is 5. The van der Waals surface area contributed by atoms with Gasteiger partial charge in [-0.3, -0.25) is 4.68 Å². The van der Waals surface area contributed by atoms with Crippen LogP contribution in [0.4, 0.5) is 0 Å². The molecule has 3 rings (SSSR count). The summed E-state index contributed by atoms with van der Waals surface area (Å²) in [6.07, 6.45) is 1.07. The van der Waals surface area contributed by atoms with E-state index in [1.807, 2.05) is 7.05 Å². The van der Waals surface area contributed by atoms with Gasteiger partial charge in [0.15, 0.2) is 0 Å². The number of nitrogens with one attached hydrogen (secondary N) is 1. The van der Waals surface area contributed by atoms with Crippen molar-refractivity contribution in [3.63, 3.8) is 0 Å². The highest BCUT2D eigenvalue weighted by molar-refractivity contribution is 5.93. The number of aromatic nitrogens is 2. The molecule has 0 bridgehead atoms. The van der Waals surface area contributed by atoms with E-state index >= 15 is 0 Å². The SMILES string of the molecule is CNCCCn1nc2ccc(C)cc2c1-c1ccccc1.Cl. The van der Waals surface area contributed by atoms with Crippen LogP contribution >= 0.6 is 12.4 Å². The van der Waals surface area contributed by atoms with Gasteiger partial charge in [0.25, 0.3) is 0 Å². The van der Waals surface area contributed by atoms with Gasteiger partial charge in [0.1, 0.15) is 0 Å². The molecule has 116 valence electrons. The number of hydrogen-bond donors (Lipinski definition) is 1. The lowest BCUT2D eigenvalue weighted by Crippen LogP contribution is -2.12. The van der Waals surface area contributed by atoms with Crippen molar-refractivity contribution in [2.24, 2.45) is 0 Å². The van der Waals surface area contributed by atoms with Crippen molar-refractivity contribution in [2.75, 3.05) is 13.6 Å². The van der Waals surface area contributed by atoms with Crippen molar-refractivity contribution in [3.05, 3.63) is 54.1 Å². The third kappa shape index (κ3) is 3.32. The molecule has 0 saturated carbocycles. The van der Waals surface area contributed by atoms with E-state index < -0.39 is 0 Å². The number of hydrogen-bond acceptors (Lipinski definition) is 2. The van der Waals surface area contributed by atoms with Gasteiger partial charge in [-0.25, -0.2) is 0 Å². The van der Waals surface area contributed by atoms with Gasteiger partial charge < -0.3 is 5.32 Å². The molecule has 4 heteroatoms. The molecule has 1 aromatic heterocycles. The number of aryl methyl sites for hydroxylation is 2. The van der Waals surface area contributed by atoms with Crippen molar-refractivity contribution in [1.29, 1.82) is 0 Å². The van der Waals surface area contributed by atoms with Crippen LogP contribution in [0.2, 0.25) is 0 Å². The Labute approximate surface area is 137 Å². The van der Waals surface area contributed by atoms with Crippen LogP contribution in [0.15, 0.2) is 48.5 Å². The van der Waals surface area contributed by atoms with Gasteiger partial charge in [-0.1, -0.05) is 42.0 Å². The summed E-state index contributed by atoms with van der Waals surface area (Å²) in [5.74, 6) is 0. The minimum Gasteiger partial charge on any atom is -0.320 e. The molecule has 0 radical (unpaired) electrons. The Bertz CT molecular complexity index is 735. The Kier molecular flexibility index (Phi) is 5.58. The Morgan fingerprint density at radius 1 is 1.09 bits per heavy atom. The molecule has 0 fully saturated rings. The van der Waals surface area contributed by atoms with Crippen molar-refractivity contribution in [1.82, 2.24) is 15.1 Å². The zero-order chi connectivity index (χ0) is 14.7. The van der Waals surface area contributed by atoms with E-state index in [9.17, 15) is 0 Å². The molecule has 0 amide bonds. The van der Waals surface area contributed by atoms with Crippen molar-refractivity contribution < 1.29 is 0 Å². The van der Waals surface area contributed by atoms with Gasteiger partial charge in [0.2, 0.25) is 0 Å². The van der Waals surface area contributed by atoms with Gasteiger partial charge in [0.05, 0.1) is 11.2 Å². The number of nitrogens with zero attached hydrogens (tertiary/aromatic N) is 2. The molecule has 1 N–H and O–H groups in total. The molecule has 0 atom stereocenters. The summed E-state index contributed by atoms with van der Waals surface area (Å²) >= 11 is 0. The summed E-state index contributed by atoms with van der Waals surface area (Å²) in [7, 11) is 1.99. The summed E-state index contributed by atoms with van der Waals surface area (Å²) in [5, 5.41) is 9.23. The minimum atomic E-state index is 0. The van der Waals surface area contributed by atoms with Gasteiger partial charge in [-0.15, -0.1) is 12.4 Å². The van der Waals surface area contributed by atoms with Crippen LogP contribution in [0.5, 0.6) is 0 Å². The molecule has 3 aromatic rings. The molecule has 22 heavy (non-hydrogen) atoms. The van der Waals surface area contributed by atoms with Crippen LogP contribution in [0.25, 0.3) is 22.2 Å². The number of fused-ring (bicyclic) bond motifs is 1. The lowest BCUT2D eigenvalue weighted by atomic mass is 10.1. The second-order valence-corrected chi connectivity index (χ2v) is 5.42. The maximum atomic E-state index is 4.79. The summed E-state index contributed by atoms with van der Waals surface area (Å²) in [6, 6.07) is 17.0. The smallest absolute Gasteiger partial charge is 0.0930 e. The second kappa shape index (κ2) is 7.43. The maximum absolute atomic E-state index is 4.79. The Hall–Kier alpha value is -1.84. The van der Waals surface area contributed by atoms with Gasteiger partial charge in [-0.2, -0.15) is 5.10 Å². The first-order valence-electron chi connectivity index (χ1n) is 7.47. The van der Waals surface area contributed by atoms with E-state index in [0.29, 0.717) is 0 Å². The highest BCUT2D eigenvalue weighted by Gasteiger charge is 2.12. The molecule has 0 saturated heterocycles. The fourth-order valence-corrected chi connectivity index (χ4v) is 2.71. The quantitative estimate of drug-likeness (QED) is 0.720. The molecule has 0 spiro atoms. The average molecular weight is 316 g/mol. The first-order chi connectivity index (χ1) is 10.3. The highest BCUT2D eigenvalue weighted by atomic mass is 35.5. The van der Waals surface area contributed by atoms with Crippen molar-refractivity contribution in [3.8, 4) is 11.3 Å². The average Bonchev–Trinajstić information content (AvgIpc) is 2.86. The van der Waals surface area contributed by atoms with E-state index in [4.69, 9.17) is 5.10 Å². The number of benzene rings is 2. The molecule has 0 aliphatic carbocycles.